The molecule has 2 atom stereocenters. The topological polar surface area (TPSA) is 53.6 Å². The number of hydrogen-bond donors (Lipinski definition) is 2. The number of alkyl halides is 3. The Morgan fingerprint density at radius 2 is 1.93 bits per heavy atom. The van der Waals surface area contributed by atoms with E-state index < -0.39 is 30.8 Å². The number of nitrogens with zero attached hydrogens (tertiary/aromatic N) is 1. The Balaban J connectivity index is 1.93. The Morgan fingerprint density at radius 3 is 2.52 bits per heavy atom. The number of nitrogens with one attached hydrogen (secondary N) is 2. The number of amides is 1. The number of piperazine rings is 1. The summed E-state index contributed by atoms with van der Waals surface area (Å²) < 4.78 is 45.7. The minimum atomic E-state index is -4.40. The smallest absolute Gasteiger partial charge is 0.405 e. The monoisotopic (exact) mass is 387 g/mol. The highest BCUT2D eigenvalue weighted by Gasteiger charge is 2.44. The van der Waals surface area contributed by atoms with Gasteiger partial charge < -0.3 is 15.4 Å². The SMILES string of the molecule is CC(Oc1cccc(C(C)C)c1)C(=O)NCC(N1CCNCC1)C(F)(F)F. The Kier molecular flexibility index (Phi) is 7.49. The van der Waals surface area contributed by atoms with Gasteiger partial charge in [-0.25, -0.2) is 0 Å². The number of ether oxygens (including phenoxy) is 1. The first kappa shape index (κ1) is 21.5. The number of carbonyl (C=O) groups excluding carboxylic acids is 1. The standard InChI is InChI=1S/C19H28F3N3O2/c1-13(2)15-5-4-6-16(11-15)27-14(3)18(26)24-12-17(19(20,21)22)25-9-7-23-8-10-25/h4-6,11,13-14,17,23H,7-10,12H2,1-3H3,(H,24,26). The fourth-order valence-electron chi connectivity index (χ4n) is 2.99. The summed E-state index contributed by atoms with van der Waals surface area (Å²) in [4.78, 5) is 13.6. The second-order valence-electron chi connectivity index (χ2n) is 7.08. The van der Waals surface area contributed by atoms with Crippen molar-refractivity contribution in [2.75, 3.05) is 32.7 Å². The van der Waals surface area contributed by atoms with Crippen LogP contribution in [0.25, 0.3) is 0 Å². The molecule has 27 heavy (non-hydrogen) atoms. The van der Waals surface area contributed by atoms with Crippen LogP contribution in [0.4, 0.5) is 13.2 Å². The number of carbonyl (C=O) groups is 1. The van der Waals surface area contributed by atoms with Gasteiger partial charge in [0.2, 0.25) is 0 Å². The van der Waals surface area contributed by atoms with Crippen molar-refractivity contribution in [1.29, 1.82) is 0 Å². The van der Waals surface area contributed by atoms with Gasteiger partial charge in [-0.15, -0.1) is 0 Å². The predicted octanol–water partition coefficient (Wildman–Crippen LogP) is 2.53. The lowest BCUT2D eigenvalue weighted by Crippen LogP contribution is -2.58. The number of benzene rings is 1. The van der Waals surface area contributed by atoms with E-state index in [1.54, 1.807) is 6.07 Å². The van der Waals surface area contributed by atoms with Crippen LogP contribution in [0.2, 0.25) is 0 Å². The van der Waals surface area contributed by atoms with Crippen molar-refractivity contribution >= 4 is 5.91 Å². The lowest BCUT2D eigenvalue weighted by Gasteiger charge is -2.36. The molecule has 8 heteroatoms. The molecule has 0 bridgehead atoms. The van der Waals surface area contributed by atoms with E-state index >= 15 is 0 Å². The normalized spacial score (nSPS) is 18.2. The van der Waals surface area contributed by atoms with E-state index in [1.165, 1.54) is 11.8 Å². The number of rotatable bonds is 7. The van der Waals surface area contributed by atoms with Crippen LogP contribution in [0.1, 0.15) is 32.3 Å². The van der Waals surface area contributed by atoms with Gasteiger partial charge in [-0.05, 0) is 30.5 Å². The van der Waals surface area contributed by atoms with E-state index in [0.717, 1.165) is 5.56 Å². The van der Waals surface area contributed by atoms with Crippen LogP contribution in [-0.2, 0) is 4.79 Å². The van der Waals surface area contributed by atoms with Crippen molar-refractivity contribution in [3.63, 3.8) is 0 Å². The molecule has 1 amide bonds. The summed E-state index contributed by atoms with van der Waals surface area (Å²) in [5.74, 6) is 0.275. The summed E-state index contributed by atoms with van der Waals surface area (Å²) in [6.07, 6.45) is -5.29. The molecule has 0 aliphatic carbocycles. The van der Waals surface area contributed by atoms with Crippen LogP contribution < -0.4 is 15.4 Å². The van der Waals surface area contributed by atoms with Gasteiger partial charge in [-0.1, -0.05) is 26.0 Å². The summed E-state index contributed by atoms with van der Waals surface area (Å²) in [5, 5.41) is 5.43. The highest BCUT2D eigenvalue weighted by Crippen LogP contribution is 2.25. The third-order valence-corrected chi connectivity index (χ3v) is 4.65. The fraction of sp³-hybridized carbons (Fsp3) is 0.632. The lowest BCUT2D eigenvalue weighted by atomic mass is 10.0. The molecular weight excluding hydrogens is 359 g/mol. The summed E-state index contributed by atoms with van der Waals surface area (Å²) in [6, 6.07) is 5.67. The molecule has 1 aromatic rings. The third kappa shape index (κ3) is 6.39. The second-order valence-corrected chi connectivity index (χ2v) is 7.08. The van der Waals surface area contributed by atoms with Crippen molar-refractivity contribution in [3.8, 4) is 5.75 Å². The van der Waals surface area contributed by atoms with Gasteiger partial charge in [0, 0.05) is 32.7 Å². The maximum absolute atomic E-state index is 13.4. The summed E-state index contributed by atoms with van der Waals surface area (Å²) in [6.45, 7) is 6.75. The highest BCUT2D eigenvalue weighted by molar-refractivity contribution is 5.80. The molecule has 0 spiro atoms. The van der Waals surface area contributed by atoms with Crippen LogP contribution in [0.5, 0.6) is 5.75 Å². The molecule has 1 aliphatic rings. The quantitative estimate of drug-likeness (QED) is 0.755. The van der Waals surface area contributed by atoms with Crippen LogP contribution in [-0.4, -0.2) is 61.9 Å². The summed E-state index contributed by atoms with van der Waals surface area (Å²) in [5.41, 5.74) is 1.07. The molecule has 1 saturated heterocycles. The van der Waals surface area contributed by atoms with Gasteiger partial charge >= 0.3 is 6.18 Å². The van der Waals surface area contributed by atoms with Gasteiger partial charge in [0.25, 0.3) is 5.91 Å². The molecule has 0 radical (unpaired) electrons. The Bertz CT molecular complexity index is 616. The van der Waals surface area contributed by atoms with Gasteiger partial charge in [0.15, 0.2) is 6.10 Å². The molecule has 0 saturated carbocycles. The molecule has 1 fully saturated rings. The molecule has 152 valence electrons. The molecule has 1 aromatic carbocycles. The van der Waals surface area contributed by atoms with E-state index in [1.807, 2.05) is 32.0 Å². The maximum atomic E-state index is 13.4. The molecular formula is C19H28F3N3O2. The Hall–Kier alpha value is -1.80. The molecule has 2 N–H and O–H groups in total. The zero-order valence-corrected chi connectivity index (χ0v) is 16.0. The minimum Gasteiger partial charge on any atom is -0.481 e. The first-order chi connectivity index (χ1) is 12.7. The van der Waals surface area contributed by atoms with Gasteiger partial charge in [0.1, 0.15) is 11.8 Å². The molecule has 1 heterocycles. The summed E-state index contributed by atoms with van der Waals surface area (Å²) >= 11 is 0. The van der Waals surface area contributed by atoms with E-state index in [9.17, 15) is 18.0 Å². The van der Waals surface area contributed by atoms with E-state index in [0.29, 0.717) is 37.8 Å². The average molecular weight is 387 g/mol. The van der Waals surface area contributed by atoms with Crippen molar-refractivity contribution < 1.29 is 22.7 Å². The van der Waals surface area contributed by atoms with Crippen LogP contribution >= 0.6 is 0 Å². The zero-order valence-electron chi connectivity index (χ0n) is 16.0. The lowest BCUT2D eigenvalue weighted by molar-refractivity contribution is -0.184. The van der Waals surface area contributed by atoms with Gasteiger partial charge in [0.05, 0.1) is 0 Å². The first-order valence-corrected chi connectivity index (χ1v) is 9.24. The van der Waals surface area contributed by atoms with Gasteiger partial charge in [-0.3, -0.25) is 9.69 Å². The molecule has 5 nitrogen and oxygen atoms in total. The van der Waals surface area contributed by atoms with E-state index in [4.69, 9.17) is 4.74 Å². The molecule has 2 rings (SSSR count). The van der Waals surface area contributed by atoms with Crippen molar-refractivity contribution in [3.05, 3.63) is 29.8 Å². The molecule has 2 unspecified atom stereocenters. The predicted molar refractivity (Wildman–Crippen MR) is 97.9 cm³/mol. The van der Waals surface area contributed by atoms with Crippen LogP contribution in [0, 0.1) is 0 Å². The van der Waals surface area contributed by atoms with Crippen LogP contribution in [0.3, 0.4) is 0 Å². The highest BCUT2D eigenvalue weighted by atomic mass is 19.4. The average Bonchev–Trinajstić information content (AvgIpc) is 2.61. The van der Waals surface area contributed by atoms with E-state index in [-0.39, 0.29) is 0 Å². The van der Waals surface area contributed by atoms with Gasteiger partial charge in [-0.2, -0.15) is 13.2 Å². The second kappa shape index (κ2) is 9.41. The van der Waals surface area contributed by atoms with Crippen molar-refractivity contribution in [2.45, 2.75) is 45.0 Å². The summed E-state index contributed by atoms with van der Waals surface area (Å²) in [7, 11) is 0. The third-order valence-electron chi connectivity index (χ3n) is 4.65. The molecule has 1 aliphatic heterocycles. The fourth-order valence-corrected chi connectivity index (χ4v) is 2.99. The number of halogens is 3. The van der Waals surface area contributed by atoms with Crippen molar-refractivity contribution in [1.82, 2.24) is 15.5 Å². The first-order valence-electron chi connectivity index (χ1n) is 9.24. The maximum Gasteiger partial charge on any atom is 0.405 e. The zero-order chi connectivity index (χ0) is 20.0. The minimum absolute atomic E-state index is 0.300. The number of hydrogen-bond acceptors (Lipinski definition) is 4. The van der Waals surface area contributed by atoms with Crippen molar-refractivity contribution in [2.24, 2.45) is 0 Å². The Labute approximate surface area is 158 Å². The molecule has 0 aromatic heterocycles. The Morgan fingerprint density at radius 1 is 1.26 bits per heavy atom. The largest absolute Gasteiger partial charge is 0.481 e. The van der Waals surface area contributed by atoms with E-state index in [2.05, 4.69) is 10.6 Å². The van der Waals surface area contributed by atoms with Crippen LogP contribution in [0.15, 0.2) is 24.3 Å².